The Hall–Kier alpha value is -1.91. The first kappa shape index (κ1) is 16.1. The van der Waals surface area contributed by atoms with E-state index in [0.29, 0.717) is 12.0 Å². The summed E-state index contributed by atoms with van der Waals surface area (Å²) in [7, 11) is 1.19. The van der Waals surface area contributed by atoms with E-state index in [4.69, 9.17) is 4.74 Å². The SMILES string of the molecule is COC(=O)c1ccc(CCC(=O)OC(C)(C)C)cc1F. The summed E-state index contributed by atoms with van der Waals surface area (Å²) in [5.41, 5.74) is -0.0219. The molecule has 0 amide bonds. The molecular formula is C15H19FO4. The maximum absolute atomic E-state index is 13.7. The van der Waals surface area contributed by atoms with Crippen LogP contribution in [0.15, 0.2) is 18.2 Å². The molecule has 0 aliphatic carbocycles. The van der Waals surface area contributed by atoms with Crippen molar-refractivity contribution in [1.29, 1.82) is 0 Å². The van der Waals surface area contributed by atoms with Crippen LogP contribution in [0.2, 0.25) is 0 Å². The van der Waals surface area contributed by atoms with Crippen LogP contribution in [0.25, 0.3) is 0 Å². The highest BCUT2D eigenvalue weighted by Gasteiger charge is 2.17. The van der Waals surface area contributed by atoms with Crippen LogP contribution < -0.4 is 0 Å². The molecule has 0 unspecified atom stereocenters. The highest BCUT2D eigenvalue weighted by molar-refractivity contribution is 5.89. The van der Waals surface area contributed by atoms with E-state index in [1.807, 2.05) is 0 Å². The molecule has 0 radical (unpaired) electrons. The third-order valence-electron chi connectivity index (χ3n) is 2.48. The van der Waals surface area contributed by atoms with Crippen molar-refractivity contribution in [3.63, 3.8) is 0 Å². The van der Waals surface area contributed by atoms with Crippen molar-refractivity contribution in [3.8, 4) is 0 Å². The van der Waals surface area contributed by atoms with Gasteiger partial charge in [0, 0.05) is 6.42 Å². The maximum Gasteiger partial charge on any atom is 0.340 e. The van der Waals surface area contributed by atoms with Crippen LogP contribution in [0, 0.1) is 5.82 Å². The zero-order valence-corrected chi connectivity index (χ0v) is 12.2. The fraction of sp³-hybridized carbons (Fsp3) is 0.467. The van der Waals surface area contributed by atoms with Gasteiger partial charge in [-0.1, -0.05) is 6.07 Å². The second-order valence-corrected chi connectivity index (χ2v) is 5.39. The van der Waals surface area contributed by atoms with Crippen LogP contribution in [-0.4, -0.2) is 24.6 Å². The summed E-state index contributed by atoms with van der Waals surface area (Å²) >= 11 is 0. The Balaban J connectivity index is 2.64. The van der Waals surface area contributed by atoms with Crippen molar-refractivity contribution in [2.24, 2.45) is 0 Å². The number of benzene rings is 1. The third kappa shape index (κ3) is 4.99. The Morgan fingerprint density at radius 2 is 1.90 bits per heavy atom. The average molecular weight is 282 g/mol. The Kier molecular flexibility index (Phi) is 5.25. The first-order chi connectivity index (χ1) is 9.23. The van der Waals surface area contributed by atoms with Crippen LogP contribution in [-0.2, 0) is 20.7 Å². The summed E-state index contributed by atoms with van der Waals surface area (Å²) in [5, 5.41) is 0. The summed E-state index contributed by atoms with van der Waals surface area (Å²) in [5.74, 6) is -1.71. The number of ether oxygens (including phenoxy) is 2. The summed E-state index contributed by atoms with van der Waals surface area (Å²) < 4.78 is 23.3. The van der Waals surface area contributed by atoms with E-state index < -0.39 is 17.4 Å². The first-order valence-electron chi connectivity index (χ1n) is 6.31. The average Bonchev–Trinajstić information content (AvgIpc) is 2.33. The summed E-state index contributed by atoms with van der Waals surface area (Å²) in [6, 6.07) is 4.18. The molecule has 1 aromatic rings. The molecule has 0 aromatic heterocycles. The van der Waals surface area contributed by atoms with Crippen LogP contribution in [0.4, 0.5) is 4.39 Å². The van der Waals surface area contributed by atoms with Crippen molar-refractivity contribution in [3.05, 3.63) is 35.1 Å². The second-order valence-electron chi connectivity index (χ2n) is 5.39. The molecule has 0 aliphatic rings. The Morgan fingerprint density at radius 3 is 2.40 bits per heavy atom. The first-order valence-corrected chi connectivity index (χ1v) is 6.31. The monoisotopic (exact) mass is 282 g/mol. The number of halogens is 1. The molecule has 0 bridgehead atoms. The fourth-order valence-corrected chi connectivity index (χ4v) is 1.63. The smallest absolute Gasteiger partial charge is 0.340 e. The van der Waals surface area contributed by atoms with Gasteiger partial charge in [0.25, 0.3) is 0 Å². The van der Waals surface area contributed by atoms with Crippen LogP contribution >= 0.6 is 0 Å². The van der Waals surface area contributed by atoms with Crippen molar-refractivity contribution < 1.29 is 23.5 Å². The van der Waals surface area contributed by atoms with Gasteiger partial charge in [-0.3, -0.25) is 4.79 Å². The lowest BCUT2D eigenvalue weighted by Crippen LogP contribution is -2.24. The summed E-state index contributed by atoms with van der Waals surface area (Å²) in [6.45, 7) is 5.36. The molecule has 0 heterocycles. The molecule has 0 N–H and O–H groups in total. The number of rotatable bonds is 4. The predicted octanol–water partition coefficient (Wildman–Crippen LogP) is 2.89. The van der Waals surface area contributed by atoms with E-state index in [0.717, 1.165) is 0 Å². The molecule has 0 saturated carbocycles. The van der Waals surface area contributed by atoms with E-state index >= 15 is 0 Å². The lowest BCUT2D eigenvalue weighted by molar-refractivity contribution is -0.154. The quantitative estimate of drug-likeness (QED) is 0.797. The van der Waals surface area contributed by atoms with Crippen LogP contribution in [0.1, 0.15) is 43.1 Å². The van der Waals surface area contributed by atoms with Crippen molar-refractivity contribution >= 4 is 11.9 Å². The largest absolute Gasteiger partial charge is 0.465 e. The molecule has 20 heavy (non-hydrogen) atoms. The normalized spacial score (nSPS) is 11.1. The molecule has 110 valence electrons. The summed E-state index contributed by atoms with van der Waals surface area (Å²) in [4.78, 5) is 22.8. The fourth-order valence-electron chi connectivity index (χ4n) is 1.63. The molecule has 0 atom stereocenters. The third-order valence-corrected chi connectivity index (χ3v) is 2.48. The van der Waals surface area contributed by atoms with Gasteiger partial charge in [-0.2, -0.15) is 0 Å². The van der Waals surface area contributed by atoms with Gasteiger partial charge in [0.2, 0.25) is 0 Å². The van der Waals surface area contributed by atoms with Gasteiger partial charge >= 0.3 is 11.9 Å². The zero-order valence-electron chi connectivity index (χ0n) is 12.2. The van der Waals surface area contributed by atoms with E-state index in [-0.39, 0.29) is 18.0 Å². The van der Waals surface area contributed by atoms with E-state index in [9.17, 15) is 14.0 Å². The van der Waals surface area contributed by atoms with Gasteiger partial charge in [-0.05, 0) is 44.9 Å². The van der Waals surface area contributed by atoms with Gasteiger partial charge in [0.05, 0.1) is 12.7 Å². The number of carbonyl (C=O) groups excluding carboxylic acids is 2. The Morgan fingerprint density at radius 1 is 1.25 bits per heavy atom. The number of carbonyl (C=O) groups is 2. The highest BCUT2D eigenvalue weighted by atomic mass is 19.1. The topological polar surface area (TPSA) is 52.6 Å². The minimum absolute atomic E-state index is 0.117. The molecule has 5 heteroatoms. The molecule has 0 fully saturated rings. The van der Waals surface area contributed by atoms with E-state index in [1.54, 1.807) is 26.8 Å². The number of esters is 2. The molecule has 1 aromatic carbocycles. The minimum Gasteiger partial charge on any atom is -0.465 e. The second kappa shape index (κ2) is 6.50. The molecular weight excluding hydrogens is 263 g/mol. The number of hydrogen-bond acceptors (Lipinski definition) is 4. The Labute approximate surface area is 117 Å². The van der Waals surface area contributed by atoms with Gasteiger partial charge < -0.3 is 9.47 Å². The maximum atomic E-state index is 13.7. The molecule has 0 saturated heterocycles. The standard InChI is InChI=1S/C15H19FO4/c1-15(2,3)20-13(17)8-6-10-5-7-11(12(16)9-10)14(18)19-4/h5,7,9H,6,8H2,1-4H3. The number of hydrogen-bond donors (Lipinski definition) is 0. The van der Waals surface area contributed by atoms with Gasteiger partial charge in [-0.25, -0.2) is 9.18 Å². The van der Waals surface area contributed by atoms with E-state index in [1.165, 1.54) is 19.2 Å². The zero-order chi connectivity index (χ0) is 15.3. The Bertz CT molecular complexity index is 503. The van der Waals surface area contributed by atoms with Crippen molar-refractivity contribution in [1.82, 2.24) is 0 Å². The van der Waals surface area contributed by atoms with Gasteiger partial charge in [0.15, 0.2) is 0 Å². The van der Waals surface area contributed by atoms with Crippen LogP contribution in [0.5, 0.6) is 0 Å². The lowest BCUT2D eigenvalue weighted by Gasteiger charge is -2.19. The number of aryl methyl sites for hydroxylation is 1. The highest BCUT2D eigenvalue weighted by Crippen LogP contribution is 2.14. The summed E-state index contributed by atoms with van der Waals surface area (Å²) in [6.07, 6.45) is 0.515. The lowest BCUT2D eigenvalue weighted by atomic mass is 10.1. The van der Waals surface area contributed by atoms with Crippen LogP contribution in [0.3, 0.4) is 0 Å². The molecule has 1 rings (SSSR count). The predicted molar refractivity (Wildman–Crippen MR) is 71.9 cm³/mol. The van der Waals surface area contributed by atoms with E-state index in [2.05, 4.69) is 4.74 Å². The van der Waals surface area contributed by atoms with Gasteiger partial charge in [-0.15, -0.1) is 0 Å². The van der Waals surface area contributed by atoms with Crippen molar-refractivity contribution in [2.75, 3.05) is 7.11 Å². The van der Waals surface area contributed by atoms with Crippen molar-refractivity contribution in [2.45, 2.75) is 39.2 Å². The number of methoxy groups -OCH3 is 1. The molecule has 4 nitrogen and oxygen atoms in total. The molecule has 0 aliphatic heterocycles. The van der Waals surface area contributed by atoms with Gasteiger partial charge in [0.1, 0.15) is 11.4 Å². The minimum atomic E-state index is -0.721. The molecule has 0 spiro atoms.